The molecule has 0 bridgehead atoms. The van der Waals surface area contributed by atoms with Crippen molar-refractivity contribution in [1.82, 2.24) is 0 Å². The van der Waals surface area contributed by atoms with Crippen molar-refractivity contribution < 1.29 is 22.7 Å². The summed E-state index contributed by atoms with van der Waals surface area (Å²) < 4.78 is 44.4. The molecule has 2 aromatic rings. The van der Waals surface area contributed by atoms with E-state index in [0.29, 0.717) is 5.02 Å². The van der Waals surface area contributed by atoms with E-state index in [-0.39, 0.29) is 10.8 Å². The highest BCUT2D eigenvalue weighted by Crippen LogP contribution is 2.36. The van der Waals surface area contributed by atoms with Gasteiger partial charge in [0.25, 0.3) is 5.91 Å². The van der Waals surface area contributed by atoms with Gasteiger partial charge in [-0.3, -0.25) is 4.79 Å². The molecule has 2 aromatic carbocycles. The molecule has 0 aromatic heterocycles. The zero-order valence-electron chi connectivity index (χ0n) is 12.3. The molecule has 3 nitrogen and oxygen atoms in total. The van der Waals surface area contributed by atoms with Gasteiger partial charge in [-0.05, 0) is 37.3 Å². The number of carbonyl (C=O) groups is 1. The lowest BCUT2D eigenvalue weighted by Gasteiger charge is -2.18. The van der Waals surface area contributed by atoms with Gasteiger partial charge in [-0.1, -0.05) is 35.3 Å². The number of anilines is 1. The number of hydrogen-bond donors (Lipinski definition) is 1. The maximum Gasteiger partial charge on any atom is 0.418 e. The molecule has 0 radical (unpaired) electrons. The fourth-order valence-electron chi connectivity index (χ4n) is 1.88. The van der Waals surface area contributed by atoms with Crippen LogP contribution in [-0.4, -0.2) is 12.0 Å². The Hall–Kier alpha value is -1.92. The average Bonchev–Trinajstić information content (AvgIpc) is 2.50. The minimum Gasteiger partial charge on any atom is -0.479 e. The minimum atomic E-state index is -4.65. The number of halogens is 5. The maximum absolute atomic E-state index is 13.0. The molecule has 0 aliphatic heterocycles. The third kappa shape index (κ3) is 4.55. The Bertz CT molecular complexity index is 750. The van der Waals surface area contributed by atoms with Crippen LogP contribution in [0.1, 0.15) is 12.5 Å². The number of amides is 1. The lowest BCUT2D eigenvalue weighted by atomic mass is 10.1. The van der Waals surface area contributed by atoms with E-state index < -0.39 is 29.4 Å². The normalized spacial score (nSPS) is 12.6. The van der Waals surface area contributed by atoms with Gasteiger partial charge in [-0.25, -0.2) is 0 Å². The van der Waals surface area contributed by atoms with E-state index in [4.69, 9.17) is 27.9 Å². The molecule has 0 fully saturated rings. The number of alkyl halides is 3. The molecule has 0 aliphatic carbocycles. The van der Waals surface area contributed by atoms with Gasteiger partial charge in [0, 0.05) is 5.02 Å². The van der Waals surface area contributed by atoms with Crippen LogP contribution in [0.15, 0.2) is 42.5 Å². The third-order valence-corrected chi connectivity index (χ3v) is 3.60. The van der Waals surface area contributed by atoms with E-state index in [9.17, 15) is 18.0 Å². The molecule has 0 spiro atoms. The molecular weight excluding hydrogens is 366 g/mol. The van der Waals surface area contributed by atoms with Gasteiger partial charge >= 0.3 is 6.18 Å². The highest BCUT2D eigenvalue weighted by molar-refractivity contribution is 6.32. The predicted molar refractivity (Wildman–Crippen MR) is 86.6 cm³/mol. The van der Waals surface area contributed by atoms with Crippen LogP contribution in [-0.2, 0) is 11.0 Å². The van der Waals surface area contributed by atoms with Crippen molar-refractivity contribution in [2.24, 2.45) is 0 Å². The van der Waals surface area contributed by atoms with Crippen molar-refractivity contribution in [3.8, 4) is 5.75 Å². The van der Waals surface area contributed by atoms with Crippen molar-refractivity contribution >= 4 is 34.8 Å². The van der Waals surface area contributed by atoms with Crippen LogP contribution in [0, 0.1) is 0 Å². The molecule has 0 unspecified atom stereocenters. The van der Waals surface area contributed by atoms with Crippen molar-refractivity contribution in [2.75, 3.05) is 5.32 Å². The second-order valence-corrected chi connectivity index (χ2v) is 5.71. The summed E-state index contributed by atoms with van der Waals surface area (Å²) in [6.45, 7) is 1.40. The monoisotopic (exact) mass is 377 g/mol. The molecule has 0 aliphatic rings. The fraction of sp³-hybridized carbons (Fsp3) is 0.188. The van der Waals surface area contributed by atoms with Crippen molar-refractivity contribution in [1.29, 1.82) is 0 Å². The number of carbonyl (C=O) groups excluding carboxylic acids is 1. The lowest BCUT2D eigenvalue weighted by Crippen LogP contribution is -2.31. The van der Waals surface area contributed by atoms with Crippen molar-refractivity contribution in [3.05, 3.63) is 58.1 Å². The van der Waals surface area contributed by atoms with Gasteiger partial charge in [0.05, 0.1) is 16.3 Å². The second-order valence-electron chi connectivity index (χ2n) is 4.87. The molecule has 128 valence electrons. The molecule has 24 heavy (non-hydrogen) atoms. The minimum absolute atomic E-state index is 0.0827. The van der Waals surface area contributed by atoms with E-state index >= 15 is 0 Å². The molecule has 2 rings (SSSR count). The molecule has 1 amide bonds. The Morgan fingerprint density at radius 1 is 1.17 bits per heavy atom. The number of benzene rings is 2. The quantitative estimate of drug-likeness (QED) is 0.772. The SMILES string of the molecule is C[C@@H](Oc1ccccc1Cl)C(=O)Nc1ccc(Cl)cc1C(F)(F)F. The van der Waals surface area contributed by atoms with Gasteiger partial charge in [-0.15, -0.1) is 0 Å². The van der Waals surface area contributed by atoms with Crippen LogP contribution in [0.2, 0.25) is 10.0 Å². The number of nitrogens with one attached hydrogen (secondary N) is 1. The molecule has 8 heteroatoms. The van der Waals surface area contributed by atoms with Crippen LogP contribution in [0.25, 0.3) is 0 Å². The van der Waals surface area contributed by atoms with Gasteiger partial charge in [0.15, 0.2) is 6.10 Å². The molecule has 1 atom stereocenters. The topological polar surface area (TPSA) is 38.3 Å². The first-order valence-electron chi connectivity index (χ1n) is 6.77. The van der Waals surface area contributed by atoms with Gasteiger partial charge < -0.3 is 10.1 Å². The number of para-hydroxylation sites is 1. The molecular formula is C16H12Cl2F3NO2. The number of rotatable bonds is 4. The summed E-state index contributed by atoms with van der Waals surface area (Å²) in [5.74, 6) is -0.489. The summed E-state index contributed by atoms with van der Waals surface area (Å²) in [7, 11) is 0. The van der Waals surface area contributed by atoms with Crippen LogP contribution in [0.5, 0.6) is 5.75 Å². The van der Waals surface area contributed by atoms with E-state index in [0.717, 1.165) is 12.1 Å². The van der Waals surface area contributed by atoms with Crippen LogP contribution in [0.4, 0.5) is 18.9 Å². The zero-order valence-corrected chi connectivity index (χ0v) is 13.8. The zero-order chi connectivity index (χ0) is 17.9. The Labute approximate surface area is 146 Å². The molecule has 0 saturated carbocycles. The summed E-state index contributed by atoms with van der Waals surface area (Å²) in [6, 6.07) is 9.56. The highest BCUT2D eigenvalue weighted by Gasteiger charge is 2.34. The van der Waals surface area contributed by atoms with E-state index in [1.54, 1.807) is 24.3 Å². The Morgan fingerprint density at radius 3 is 2.46 bits per heavy atom. The van der Waals surface area contributed by atoms with E-state index in [2.05, 4.69) is 5.32 Å². The lowest BCUT2D eigenvalue weighted by molar-refractivity contribution is -0.137. The Balaban J connectivity index is 2.16. The summed E-state index contributed by atoms with van der Waals surface area (Å²) in [4.78, 5) is 12.1. The summed E-state index contributed by atoms with van der Waals surface area (Å²) in [6.07, 6.45) is -5.71. The van der Waals surface area contributed by atoms with Crippen LogP contribution in [0.3, 0.4) is 0 Å². The summed E-state index contributed by atoms with van der Waals surface area (Å²) in [5.41, 5.74) is -1.43. The fourth-order valence-corrected chi connectivity index (χ4v) is 2.23. The van der Waals surface area contributed by atoms with Gasteiger partial charge in [0.2, 0.25) is 0 Å². The first kappa shape index (κ1) is 18.4. The van der Waals surface area contributed by atoms with Crippen molar-refractivity contribution in [3.63, 3.8) is 0 Å². The first-order chi connectivity index (χ1) is 11.2. The number of hydrogen-bond acceptors (Lipinski definition) is 2. The smallest absolute Gasteiger partial charge is 0.418 e. The first-order valence-corrected chi connectivity index (χ1v) is 7.53. The molecule has 0 saturated heterocycles. The van der Waals surface area contributed by atoms with Crippen LogP contribution < -0.4 is 10.1 Å². The van der Waals surface area contributed by atoms with E-state index in [1.165, 1.54) is 13.0 Å². The maximum atomic E-state index is 13.0. The molecule has 1 N–H and O–H groups in total. The second kappa shape index (κ2) is 7.32. The Morgan fingerprint density at radius 2 is 1.83 bits per heavy atom. The number of ether oxygens (including phenoxy) is 1. The summed E-state index contributed by atoms with van der Waals surface area (Å²) in [5, 5.41) is 2.41. The standard InChI is InChI=1S/C16H12Cl2F3NO2/c1-9(24-14-5-3-2-4-12(14)18)15(23)22-13-7-6-10(17)8-11(13)16(19,20)21/h2-9H,1H3,(H,22,23)/t9-/m1/s1. The third-order valence-electron chi connectivity index (χ3n) is 3.05. The largest absolute Gasteiger partial charge is 0.479 e. The predicted octanol–water partition coefficient (Wildman–Crippen LogP) is 5.42. The average molecular weight is 378 g/mol. The molecule has 0 heterocycles. The summed E-state index contributed by atoms with van der Waals surface area (Å²) >= 11 is 11.5. The van der Waals surface area contributed by atoms with Gasteiger partial charge in [-0.2, -0.15) is 13.2 Å². The van der Waals surface area contributed by atoms with Crippen molar-refractivity contribution in [2.45, 2.75) is 19.2 Å². The van der Waals surface area contributed by atoms with E-state index in [1.807, 2.05) is 0 Å². The van der Waals surface area contributed by atoms with Crippen LogP contribution >= 0.6 is 23.2 Å². The Kier molecular flexibility index (Phi) is 5.62. The van der Waals surface area contributed by atoms with Gasteiger partial charge in [0.1, 0.15) is 5.75 Å². The highest BCUT2D eigenvalue weighted by atomic mass is 35.5.